The molecule has 5 nitrogen and oxygen atoms in total. The number of nitrogens with one attached hydrogen (secondary N) is 1. The highest BCUT2D eigenvalue weighted by molar-refractivity contribution is 5.85. The number of carbonyl (C=O) groups is 1. The summed E-state index contributed by atoms with van der Waals surface area (Å²) in [7, 11) is 0. The molecule has 2 aliphatic heterocycles. The van der Waals surface area contributed by atoms with Crippen LogP contribution in [0.2, 0.25) is 0 Å². The largest absolute Gasteiger partial charge is 0.357 e. The second-order valence-corrected chi connectivity index (χ2v) is 5.74. The van der Waals surface area contributed by atoms with Gasteiger partial charge in [0.05, 0.1) is 0 Å². The van der Waals surface area contributed by atoms with E-state index in [1.165, 1.54) is 22.2 Å². The smallest absolute Gasteiger partial charge is 0.314 e. The van der Waals surface area contributed by atoms with Crippen molar-refractivity contribution in [2.24, 2.45) is 5.73 Å². The van der Waals surface area contributed by atoms with Gasteiger partial charge in [-0.15, -0.1) is 0 Å². The first-order chi connectivity index (χ1) is 9.72. The molecule has 0 aliphatic carbocycles. The number of carbonyl (C=O) groups excluding carboxylic acids is 1. The van der Waals surface area contributed by atoms with Gasteiger partial charge >= 0.3 is 6.03 Å². The molecule has 1 unspecified atom stereocenters. The van der Waals surface area contributed by atoms with Crippen LogP contribution in [0.15, 0.2) is 24.3 Å². The SMILES string of the molecule is NC(=O)N1CCN2Cc3[nH]c4ccccc4c3CC2C1. The molecule has 1 aromatic heterocycles. The van der Waals surface area contributed by atoms with E-state index in [9.17, 15) is 4.79 Å². The molecule has 1 saturated heterocycles. The van der Waals surface area contributed by atoms with Crippen molar-refractivity contribution in [2.75, 3.05) is 19.6 Å². The van der Waals surface area contributed by atoms with Crippen molar-refractivity contribution in [3.05, 3.63) is 35.5 Å². The van der Waals surface area contributed by atoms with Crippen LogP contribution < -0.4 is 5.73 Å². The maximum absolute atomic E-state index is 11.4. The lowest BCUT2D eigenvalue weighted by atomic mass is 9.95. The molecule has 3 heterocycles. The number of amides is 2. The molecule has 0 bridgehead atoms. The van der Waals surface area contributed by atoms with Crippen molar-refractivity contribution >= 4 is 16.9 Å². The number of nitrogens with two attached hydrogens (primary N) is 1. The van der Waals surface area contributed by atoms with Crippen LogP contribution in [0.3, 0.4) is 0 Å². The Morgan fingerprint density at radius 3 is 3.00 bits per heavy atom. The molecule has 0 spiro atoms. The van der Waals surface area contributed by atoms with Gasteiger partial charge in [-0.05, 0) is 18.1 Å². The van der Waals surface area contributed by atoms with Crippen molar-refractivity contribution in [2.45, 2.75) is 19.0 Å². The Kier molecular flexibility index (Phi) is 2.50. The Labute approximate surface area is 117 Å². The number of piperazine rings is 1. The normalized spacial score (nSPS) is 22.6. The molecular weight excluding hydrogens is 252 g/mol. The first-order valence-electron chi connectivity index (χ1n) is 7.09. The highest BCUT2D eigenvalue weighted by atomic mass is 16.2. The first-order valence-corrected chi connectivity index (χ1v) is 7.09. The molecule has 2 aliphatic rings. The average Bonchev–Trinajstić information content (AvgIpc) is 2.81. The summed E-state index contributed by atoms with van der Waals surface area (Å²) < 4.78 is 0. The van der Waals surface area contributed by atoms with Crippen LogP contribution in [-0.2, 0) is 13.0 Å². The van der Waals surface area contributed by atoms with Crippen molar-refractivity contribution in [3.63, 3.8) is 0 Å². The van der Waals surface area contributed by atoms with E-state index in [4.69, 9.17) is 5.73 Å². The predicted octanol–water partition coefficient (Wildman–Crippen LogP) is 1.29. The van der Waals surface area contributed by atoms with E-state index < -0.39 is 0 Å². The second kappa shape index (κ2) is 4.24. The van der Waals surface area contributed by atoms with Crippen LogP contribution >= 0.6 is 0 Å². The van der Waals surface area contributed by atoms with Gasteiger partial charge in [-0.2, -0.15) is 0 Å². The van der Waals surface area contributed by atoms with Gasteiger partial charge in [-0.25, -0.2) is 4.79 Å². The lowest BCUT2D eigenvalue weighted by molar-refractivity contribution is 0.0781. The third kappa shape index (κ3) is 1.70. The molecule has 4 rings (SSSR count). The number of fused-ring (bicyclic) bond motifs is 4. The number of H-pyrrole nitrogens is 1. The number of hydrogen-bond donors (Lipinski definition) is 2. The fourth-order valence-corrected chi connectivity index (χ4v) is 3.56. The van der Waals surface area contributed by atoms with Crippen LogP contribution in [0, 0.1) is 0 Å². The summed E-state index contributed by atoms with van der Waals surface area (Å²) in [6.07, 6.45) is 0.989. The molecule has 2 amide bonds. The van der Waals surface area contributed by atoms with Gasteiger partial charge in [0.1, 0.15) is 0 Å². The minimum absolute atomic E-state index is 0.297. The van der Waals surface area contributed by atoms with E-state index in [0.717, 1.165) is 32.6 Å². The molecule has 104 valence electrons. The Balaban J connectivity index is 1.69. The Morgan fingerprint density at radius 1 is 1.30 bits per heavy atom. The summed E-state index contributed by atoms with van der Waals surface area (Å²) in [4.78, 5) is 19.1. The number of rotatable bonds is 0. The zero-order valence-electron chi connectivity index (χ0n) is 11.3. The second-order valence-electron chi connectivity index (χ2n) is 5.74. The summed E-state index contributed by atoms with van der Waals surface area (Å²) in [5, 5.41) is 1.32. The number of nitrogens with zero attached hydrogens (tertiary/aromatic N) is 2. The van der Waals surface area contributed by atoms with E-state index in [0.29, 0.717) is 6.04 Å². The van der Waals surface area contributed by atoms with Gasteiger partial charge in [0, 0.05) is 48.8 Å². The molecule has 0 radical (unpaired) electrons. The van der Waals surface area contributed by atoms with Crippen LogP contribution in [0.4, 0.5) is 4.79 Å². The first kappa shape index (κ1) is 11.8. The van der Waals surface area contributed by atoms with Crippen LogP contribution in [0.5, 0.6) is 0 Å². The predicted molar refractivity (Wildman–Crippen MR) is 77.4 cm³/mol. The van der Waals surface area contributed by atoms with E-state index in [-0.39, 0.29) is 6.03 Å². The van der Waals surface area contributed by atoms with Crippen LogP contribution in [0.1, 0.15) is 11.3 Å². The molecular formula is C15H18N4O. The summed E-state index contributed by atoms with van der Waals surface area (Å²) in [6, 6.07) is 8.54. The van der Waals surface area contributed by atoms with Crippen molar-refractivity contribution in [1.82, 2.24) is 14.8 Å². The lowest BCUT2D eigenvalue weighted by Gasteiger charge is -2.43. The molecule has 0 saturated carbocycles. The van der Waals surface area contributed by atoms with Crippen LogP contribution in [-0.4, -0.2) is 46.5 Å². The van der Waals surface area contributed by atoms with E-state index in [1.54, 1.807) is 4.90 Å². The van der Waals surface area contributed by atoms with Gasteiger partial charge in [-0.3, -0.25) is 4.90 Å². The highest BCUT2D eigenvalue weighted by Crippen LogP contribution is 2.31. The van der Waals surface area contributed by atoms with Crippen molar-refractivity contribution < 1.29 is 4.79 Å². The van der Waals surface area contributed by atoms with Gasteiger partial charge < -0.3 is 15.6 Å². The number of benzene rings is 1. The standard InChI is InChI=1S/C15H18N4O/c16-15(20)19-6-5-18-9-14-12(7-10(18)8-19)11-3-1-2-4-13(11)17-14/h1-4,10,17H,5-9H2,(H2,16,20). The van der Waals surface area contributed by atoms with Gasteiger partial charge in [0.15, 0.2) is 0 Å². The molecule has 2 aromatic rings. The third-order valence-corrected chi connectivity index (χ3v) is 4.62. The molecule has 3 N–H and O–H groups in total. The fourth-order valence-electron chi connectivity index (χ4n) is 3.56. The molecule has 1 aromatic carbocycles. The summed E-state index contributed by atoms with van der Waals surface area (Å²) in [5.41, 5.74) is 9.37. The minimum Gasteiger partial charge on any atom is -0.357 e. The zero-order chi connectivity index (χ0) is 13.7. The monoisotopic (exact) mass is 270 g/mol. The van der Waals surface area contributed by atoms with Gasteiger partial charge in [0.2, 0.25) is 0 Å². The number of aromatic nitrogens is 1. The molecule has 1 atom stereocenters. The van der Waals surface area contributed by atoms with E-state index in [2.05, 4.69) is 34.1 Å². The van der Waals surface area contributed by atoms with Crippen molar-refractivity contribution in [3.8, 4) is 0 Å². The number of aromatic amines is 1. The van der Waals surface area contributed by atoms with E-state index >= 15 is 0 Å². The van der Waals surface area contributed by atoms with E-state index in [1.807, 2.05) is 0 Å². The van der Waals surface area contributed by atoms with Crippen molar-refractivity contribution in [1.29, 1.82) is 0 Å². The summed E-state index contributed by atoms with van der Waals surface area (Å²) in [5.74, 6) is 0. The third-order valence-electron chi connectivity index (χ3n) is 4.62. The quantitative estimate of drug-likeness (QED) is 0.757. The molecule has 5 heteroatoms. The summed E-state index contributed by atoms with van der Waals surface area (Å²) >= 11 is 0. The van der Waals surface area contributed by atoms with Gasteiger partial charge in [0.25, 0.3) is 0 Å². The van der Waals surface area contributed by atoms with Gasteiger partial charge in [-0.1, -0.05) is 18.2 Å². The molecule has 20 heavy (non-hydrogen) atoms. The zero-order valence-corrected chi connectivity index (χ0v) is 11.3. The maximum Gasteiger partial charge on any atom is 0.314 e. The Morgan fingerprint density at radius 2 is 2.15 bits per heavy atom. The fraction of sp³-hybridized carbons (Fsp3) is 0.400. The lowest BCUT2D eigenvalue weighted by Crippen LogP contribution is -2.57. The number of hydrogen-bond acceptors (Lipinski definition) is 2. The highest BCUT2D eigenvalue weighted by Gasteiger charge is 2.34. The Hall–Kier alpha value is -2.01. The average molecular weight is 270 g/mol. The number of urea groups is 1. The Bertz CT molecular complexity index is 678. The minimum atomic E-state index is -0.297. The number of primary amides is 1. The topological polar surface area (TPSA) is 65.4 Å². The summed E-state index contributed by atoms with van der Waals surface area (Å²) in [6.45, 7) is 3.33. The number of para-hydroxylation sites is 1. The molecule has 1 fully saturated rings. The van der Waals surface area contributed by atoms with Crippen LogP contribution in [0.25, 0.3) is 10.9 Å². The maximum atomic E-state index is 11.4.